The van der Waals surface area contributed by atoms with Crippen molar-refractivity contribution in [3.05, 3.63) is 48.0 Å². The third-order valence-electron chi connectivity index (χ3n) is 14.3. The van der Waals surface area contributed by atoms with Gasteiger partial charge in [0, 0.05) is 56.2 Å². The van der Waals surface area contributed by atoms with E-state index in [9.17, 15) is 19.5 Å². The van der Waals surface area contributed by atoms with Gasteiger partial charge in [0.25, 0.3) is 5.91 Å². The van der Waals surface area contributed by atoms with Gasteiger partial charge in [-0.05, 0) is 110 Å². The summed E-state index contributed by atoms with van der Waals surface area (Å²) in [4.78, 5) is 46.7. The van der Waals surface area contributed by atoms with Crippen molar-refractivity contribution in [2.45, 2.75) is 96.2 Å². The maximum Gasteiger partial charge on any atom is 0.254 e. The first-order valence-electron chi connectivity index (χ1n) is 18.2. The molecule has 0 aromatic heterocycles. The summed E-state index contributed by atoms with van der Waals surface area (Å²) in [5, 5.41) is 13.6. The van der Waals surface area contributed by atoms with E-state index in [1.54, 1.807) is 4.90 Å². The van der Waals surface area contributed by atoms with Gasteiger partial charge in [0.1, 0.15) is 11.8 Å². The summed E-state index contributed by atoms with van der Waals surface area (Å²) < 4.78 is 0. The monoisotopic (exact) mass is 625 g/mol. The molecule has 2 heterocycles. The van der Waals surface area contributed by atoms with Gasteiger partial charge in [-0.15, -0.1) is 0 Å². The lowest BCUT2D eigenvalue weighted by atomic mass is 9.44. The van der Waals surface area contributed by atoms with Crippen LogP contribution in [-0.4, -0.2) is 88.3 Å². The maximum absolute atomic E-state index is 13.9. The Morgan fingerprint density at radius 1 is 0.870 bits per heavy atom. The second kappa shape index (κ2) is 11.4. The van der Waals surface area contributed by atoms with Crippen LogP contribution in [0.25, 0.3) is 10.8 Å². The van der Waals surface area contributed by atoms with Crippen molar-refractivity contribution < 1.29 is 19.5 Å². The van der Waals surface area contributed by atoms with E-state index in [-0.39, 0.29) is 34.8 Å². The van der Waals surface area contributed by atoms with Gasteiger partial charge < -0.3 is 14.9 Å². The third kappa shape index (κ3) is 4.77. The first-order valence-corrected chi connectivity index (χ1v) is 18.2. The lowest BCUT2D eigenvalue weighted by Crippen LogP contribution is -2.62. The van der Waals surface area contributed by atoms with Crippen LogP contribution in [0.3, 0.4) is 0 Å². The van der Waals surface area contributed by atoms with Crippen LogP contribution in [0.5, 0.6) is 0 Å². The summed E-state index contributed by atoms with van der Waals surface area (Å²) in [7, 11) is 0. The number of aliphatic hydroxyl groups excluding tert-OH is 1. The largest absolute Gasteiger partial charge is 0.391 e. The maximum atomic E-state index is 13.9. The Morgan fingerprint density at radius 3 is 2.46 bits per heavy atom. The topological polar surface area (TPSA) is 81.2 Å². The molecule has 9 atom stereocenters. The number of nitrogens with zero attached hydrogens (tertiary/aromatic N) is 3. The number of rotatable bonds is 3. The smallest absolute Gasteiger partial charge is 0.254 e. The van der Waals surface area contributed by atoms with Gasteiger partial charge >= 0.3 is 0 Å². The summed E-state index contributed by atoms with van der Waals surface area (Å²) in [6, 6.07) is 13.6. The first kappa shape index (κ1) is 30.6. The molecule has 2 saturated heterocycles. The minimum Gasteiger partial charge on any atom is -0.391 e. The van der Waals surface area contributed by atoms with E-state index in [0.29, 0.717) is 61.1 Å². The third-order valence-corrected chi connectivity index (χ3v) is 14.3. The molecule has 0 spiro atoms. The van der Waals surface area contributed by atoms with Crippen LogP contribution in [-0.2, 0) is 9.59 Å². The van der Waals surface area contributed by atoms with Gasteiger partial charge in [-0.2, -0.15) is 0 Å². The number of carbonyl (C=O) groups excluding carboxylic acids is 3. The average Bonchev–Trinajstić information content (AvgIpc) is 3.68. The molecule has 46 heavy (non-hydrogen) atoms. The fraction of sp³-hybridized carbons (Fsp3) is 0.667. The van der Waals surface area contributed by atoms with Crippen molar-refractivity contribution >= 4 is 28.4 Å². The fourth-order valence-electron chi connectivity index (χ4n) is 11.7. The number of carbonyl (C=O) groups is 3. The van der Waals surface area contributed by atoms with E-state index in [1.807, 2.05) is 47.4 Å². The molecule has 2 aliphatic heterocycles. The fourth-order valence-corrected chi connectivity index (χ4v) is 11.7. The van der Waals surface area contributed by atoms with E-state index in [1.165, 1.54) is 12.8 Å². The first-order chi connectivity index (χ1) is 22.2. The molecular weight excluding hydrogens is 574 g/mol. The highest BCUT2D eigenvalue weighted by molar-refractivity contribution is 6.01. The quantitative estimate of drug-likeness (QED) is 0.485. The second-order valence-corrected chi connectivity index (χ2v) is 16.2. The molecule has 246 valence electrons. The number of likely N-dealkylation sites (tertiary alicyclic amines) is 1. The molecule has 9 unspecified atom stereocenters. The van der Waals surface area contributed by atoms with Crippen LogP contribution in [0.15, 0.2) is 42.5 Å². The van der Waals surface area contributed by atoms with Crippen molar-refractivity contribution in [1.29, 1.82) is 0 Å². The number of fused-ring (bicyclic) bond motifs is 6. The molecule has 7 heteroatoms. The van der Waals surface area contributed by atoms with Gasteiger partial charge in [-0.3, -0.25) is 19.3 Å². The highest BCUT2D eigenvalue weighted by atomic mass is 16.3. The molecule has 4 saturated carbocycles. The Bertz CT molecular complexity index is 1530. The van der Waals surface area contributed by atoms with Crippen LogP contribution >= 0.6 is 0 Å². The molecule has 7 nitrogen and oxygen atoms in total. The van der Waals surface area contributed by atoms with Crippen molar-refractivity contribution in [2.24, 2.45) is 34.5 Å². The molecule has 2 aromatic rings. The average molecular weight is 626 g/mol. The number of amides is 2. The predicted molar refractivity (Wildman–Crippen MR) is 178 cm³/mol. The predicted octanol–water partition coefficient (Wildman–Crippen LogP) is 5.54. The summed E-state index contributed by atoms with van der Waals surface area (Å²) in [5.74, 6) is 2.91. The van der Waals surface area contributed by atoms with Crippen LogP contribution in [0.4, 0.5) is 0 Å². The number of benzene rings is 2. The molecule has 6 fully saturated rings. The van der Waals surface area contributed by atoms with E-state index in [4.69, 9.17) is 0 Å². The normalized spacial score (nSPS) is 39.6. The number of hydrogen-bond donors (Lipinski definition) is 1. The molecule has 2 amide bonds. The Kier molecular flexibility index (Phi) is 7.60. The van der Waals surface area contributed by atoms with Crippen LogP contribution in [0, 0.1) is 34.5 Å². The Labute approximate surface area is 273 Å². The second-order valence-electron chi connectivity index (χ2n) is 16.2. The number of piperazine rings is 1. The highest BCUT2D eigenvalue weighted by Gasteiger charge is 2.61. The Morgan fingerprint density at radius 2 is 1.65 bits per heavy atom. The molecule has 0 bridgehead atoms. The van der Waals surface area contributed by atoms with Crippen molar-refractivity contribution in [1.82, 2.24) is 14.7 Å². The lowest BCUT2D eigenvalue weighted by molar-refractivity contribution is -0.155. The summed E-state index contributed by atoms with van der Waals surface area (Å²) in [5.41, 5.74) is 0.740. The summed E-state index contributed by atoms with van der Waals surface area (Å²) >= 11 is 0. The SMILES string of the molecule is CC12CCC3C(CCC4CC(O)C(N5CCN(C(=O)C6CCCN6C(=O)c6ccc7ccccc7c6)CC5)CC43C)C1CCC2=O. The number of aliphatic hydroxyl groups is 1. The molecule has 2 aromatic carbocycles. The molecule has 0 radical (unpaired) electrons. The zero-order valence-corrected chi connectivity index (χ0v) is 27.7. The molecule has 1 N–H and O–H groups in total. The zero-order valence-electron chi connectivity index (χ0n) is 27.7. The standard InChI is InChI=1S/C39H51N3O4/c1-38-16-15-31-29(30(38)13-14-35(38)44)12-11-28-23-34(43)33(24-39(28,31)2)40-18-20-41(21-19-40)37(46)32-8-5-17-42(32)36(45)27-10-9-25-6-3-4-7-26(25)22-27/h3-4,6-7,9-10,22,28-34,43H,5,8,11-21,23-24H2,1-2H3. The number of hydrogen-bond acceptors (Lipinski definition) is 5. The van der Waals surface area contributed by atoms with Gasteiger partial charge in [0.05, 0.1) is 6.10 Å². The van der Waals surface area contributed by atoms with E-state index in [0.717, 1.165) is 68.8 Å². The van der Waals surface area contributed by atoms with Crippen LogP contribution < -0.4 is 0 Å². The molecule has 4 aliphatic carbocycles. The van der Waals surface area contributed by atoms with Crippen molar-refractivity contribution in [2.75, 3.05) is 32.7 Å². The van der Waals surface area contributed by atoms with Gasteiger partial charge in [-0.1, -0.05) is 44.2 Å². The van der Waals surface area contributed by atoms with E-state index in [2.05, 4.69) is 18.7 Å². The zero-order chi connectivity index (χ0) is 31.8. The highest BCUT2D eigenvalue weighted by Crippen LogP contribution is 2.65. The number of Topliss-reactive ketones (excluding diaryl/α,β-unsaturated/α-hetero) is 1. The van der Waals surface area contributed by atoms with Crippen LogP contribution in [0.2, 0.25) is 0 Å². The number of ketones is 1. The molecular formula is C39H51N3O4. The molecule has 6 aliphatic rings. The lowest BCUT2D eigenvalue weighted by Gasteiger charge is -2.62. The van der Waals surface area contributed by atoms with E-state index < -0.39 is 6.04 Å². The van der Waals surface area contributed by atoms with Gasteiger partial charge in [-0.25, -0.2) is 0 Å². The van der Waals surface area contributed by atoms with Crippen molar-refractivity contribution in [3.8, 4) is 0 Å². The summed E-state index contributed by atoms with van der Waals surface area (Å²) in [6.45, 7) is 8.22. The van der Waals surface area contributed by atoms with E-state index >= 15 is 0 Å². The molecule has 8 rings (SSSR count). The van der Waals surface area contributed by atoms with Crippen molar-refractivity contribution in [3.63, 3.8) is 0 Å². The Hall–Kier alpha value is -2.77. The van der Waals surface area contributed by atoms with Crippen LogP contribution in [0.1, 0.15) is 88.4 Å². The minimum absolute atomic E-state index is 0.0517. The minimum atomic E-state index is -0.399. The van der Waals surface area contributed by atoms with Gasteiger partial charge in [0.15, 0.2) is 0 Å². The Balaban J connectivity index is 0.924. The summed E-state index contributed by atoms with van der Waals surface area (Å²) in [6.07, 6.45) is 9.55. The van der Waals surface area contributed by atoms with Gasteiger partial charge in [0.2, 0.25) is 5.91 Å².